The molecule has 0 spiro atoms. The maximum atomic E-state index is 12.5. The van der Waals surface area contributed by atoms with Crippen LogP contribution in [0.25, 0.3) is 12.8 Å². The van der Waals surface area contributed by atoms with Gasteiger partial charge >= 0.3 is 6.18 Å². The van der Waals surface area contributed by atoms with Crippen LogP contribution >= 0.6 is 0 Å². The highest BCUT2D eigenvalue weighted by atomic mass is 19.4. The monoisotopic (exact) mass is 400 g/mol. The number of carbonyl (C=O) groups is 1. The third kappa shape index (κ3) is 7.92. The second-order valence-corrected chi connectivity index (χ2v) is 7.02. The lowest BCUT2D eigenvalue weighted by molar-refractivity contribution is -0.173. The van der Waals surface area contributed by atoms with Gasteiger partial charge in [0.2, 0.25) is 0 Å². The van der Waals surface area contributed by atoms with E-state index in [1.165, 1.54) is 0 Å². The van der Waals surface area contributed by atoms with Crippen LogP contribution in [0.5, 0.6) is 0 Å². The molecule has 1 amide bonds. The summed E-state index contributed by atoms with van der Waals surface area (Å²) < 4.78 is 40.7. The van der Waals surface area contributed by atoms with Gasteiger partial charge in [0, 0.05) is 37.1 Å². The van der Waals surface area contributed by atoms with Gasteiger partial charge in [0.1, 0.15) is 6.61 Å². The van der Waals surface area contributed by atoms with Crippen molar-refractivity contribution in [3.05, 3.63) is 33.7 Å². The maximum Gasteiger partial charge on any atom is 0.411 e. The van der Waals surface area contributed by atoms with Gasteiger partial charge < -0.3 is 15.0 Å². The summed E-state index contributed by atoms with van der Waals surface area (Å²) >= 11 is 0. The Bertz CT molecular complexity index is 747. The van der Waals surface area contributed by atoms with Gasteiger partial charge in [0.05, 0.1) is 6.61 Å². The van der Waals surface area contributed by atoms with E-state index < -0.39 is 12.8 Å². The average Bonchev–Trinajstić information content (AvgIpc) is 2.61. The lowest BCUT2D eigenvalue weighted by atomic mass is 10.0. The number of rotatable bonds is 10. The molecule has 1 atom stereocenters. The third-order valence-corrected chi connectivity index (χ3v) is 4.49. The molecule has 0 fully saturated rings. The van der Waals surface area contributed by atoms with Crippen LogP contribution in [0, 0.1) is 5.92 Å². The van der Waals surface area contributed by atoms with Crippen molar-refractivity contribution in [1.82, 2.24) is 10.2 Å². The zero-order chi connectivity index (χ0) is 21.3. The van der Waals surface area contributed by atoms with E-state index in [9.17, 15) is 18.0 Å². The summed E-state index contributed by atoms with van der Waals surface area (Å²) in [7, 11) is 2.00. The Labute approximate surface area is 165 Å². The molecule has 0 bridgehead atoms. The van der Waals surface area contributed by atoms with Gasteiger partial charge in [-0.1, -0.05) is 39.8 Å². The van der Waals surface area contributed by atoms with E-state index in [4.69, 9.17) is 0 Å². The van der Waals surface area contributed by atoms with E-state index in [0.29, 0.717) is 17.9 Å². The highest BCUT2D eigenvalue weighted by Crippen LogP contribution is 2.14. The summed E-state index contributed by atoms with van der Waals surface area (Å²) in [6.07, 6.45) is -0.638. The van der Waals surface area contributed by atoms with E-state index in [1.54, 1.807) is 12.1 Å². The summed E-state index contributed by atoms with van der Waals surface area (Å²) in [4.78, 5) is 14.6. The standard InChI is InChI=1S/C21H31F3N2O2/c1-6-15(3)12-26(5)13-19-16(4)8-9-18(17(19)7-2)20(27)25-10-11-28-14-21(22,23)24/h8-9,13,15H,4,6-7,10-12,14H2,1-3,5H3,(H,25,27)/b19-13+. The molecule has 1 N–H and O–H groups in total. The summed E-state index contributed by atoms with van der Waals surface area (Å²) in [5, 5.41) is 4.36. The lowest BCUT2D eigenvalue weighted by Gasteiger charge is -2.19. The second-order valence-electron chi connectivity index (χ2n) is 7.02. The van der Waals surface area contributed by atoms with E-state index >= 15 is 0 Å². The van der Waals surface area contributed by atoms with Crippen LogP contribution in [0.3, 0.4) is 0 Å². The number of hydrogen-bond acceptors (Lipinski definition) is 3. The first-order valence-electron chi connectivity index (χ1n) is 9.54. The van der Waals surface area contributed by atoms with Crippen molar-refractivity contribution in [2.24, 2.45) is 5.92 Å². The molecule has 0 saturated carbocycles. The Morgan fingerprint density at radius 2 is 2.04 bits per heavy atom. The van der Waals surface area contributed by atoms with Gasteiger partial charge in [-0.15, -0.1) is 0 Å². The zero-order valence-corrected chi connectivity index (χ0v) is 17.2. The van der Waals surface area contributed by atoms with Crippen LogP contribution < -0.4 is 15.8 Å². The van der Waals surface area contributed by atoms with Crippen molar-refractivity contribution in [3.8, 4) is 0 Å². The summed E-state index contributed by atoms with van der Waals surface area (Å²) in [6.45, 7) is 9.75. The van der Waals surface area contributed by atoms with Gasteiger partial charge in [0.25, 0.3) is 5.91 Å². The molecule has 0 aliphatic rings. The van der Waals surface area contributed by atoms with Gasteiger partial charge in [-0.05, 0) is 29.2 Å². The quantitative estimate of drug-likeness (QED) is 0.614. The molecule has 0 heterocycles. The average molecular weight is 400 g/mol. The Balaban J connectivity index is 2.93. The molecule has 0 radical (unpaired) electrons. The largest absolute Gasteiger partial charge is 0.411 e. The number of ether oxygens (including phenoxy) is 1. The molecule has 7 heteroatoms. The van der Waals surface area contributed by atoms with Crippen LogP contribution in [0.15, 0.2) is 12.1 Å². The first kappa shape index (κ1) is 24.0. The van der Waals surface area contributed by atoms with Crippen molar-refractivity contribution in [2.75, 3.05) is 33.4 Å². The van der Waals surface area contributed by atoms with Crippen molar-refractivity contribution < 1.29 is 22.7 Å². The third-order valence-electron chi connectivity index (χ3n) is 4.49. The molecule has 1 unspecified atom stereocenters. The molecular weight excluding hydrogens is 369 g/mol. The highest BCUT2D eigenvalue weighted by Gasteiger charge is 2.27. The van der Waals surface area contributed by atoms with Crippen molar-refractivity contribution >= 4 is 18.7 Å². The molecule has 1 rings (SSSR count). The Hall–Kier alpha value is -2.02. The molecule has 158 valence electrons. The fraction of sp³-hybridized carbons (Fsp3) is 0.571. The minimum atomic E-state index is -4.37. The Kier molecular flexibility index (Phi) is 9.52. The van der Waals surface area contributed by atoms with Crippen LogP contribution in [-0.2, 0) is 11.2 Å². The van der Waals surface area contributed by atoms with Crippen molar-refractivity contribution in [1.29, 1.82) is 0 Å². The van der Waals surface area contributed by atoms with Crippen LogP contribution in [0.1, 0.15) is 43.1 Å². The molecule has 28 heavy (non-hydrogen) atoms. The Morgan fingerprint density at radius 3 is 2.61 bits per heavy atom. The number of alkyl halides is 3. The van der Waals surface area contributed by atoms with Crippen molar-refractivity contribution in [3.63, 3.8) is 0 Å². The fourth-order valence-corrected chi connectivity index (χ4v) is 2.88. The molecule has 0 aliphatic carbocycles. The maximum absolute atomic E-state index is 12.5. The van der Waals surface area contributed by atoms with Gasteiger partial charge in [-0.3, -0.25) is 4.79 Å². The smallest absolute Gasteiger partial charge is 0.380 e. The van der Waals surface area contributed by atoms with Crippen molar-refractivity contribution in [2.45, 2.75) is 39.8 Å². The van der Waals surface area contributed by atoms with Crippen LogP contribution in [-0.4, -0.2) is 50.3 Å². The minimum Gasteiger partial charge on any atom is -0.380 e. The predicted octanol–water partition coefficient (Wildman–Crippen LogP) is 2.68. The van der Waals surface area contributed by atoms with E-state index in [1.807, 2.05) is 20.2 Å². The zero-order valence-electron chi connectivity index (χ0n) is 17.2. The van der Waals surface area contributed by atoms with E-state index in [2.05, 4.69) is 35.4 Å². The minimum absolute atomic E-state index is 0.0111. The molecule has 0 aromatic heterocycles. The normalized spacial score (nSPS) is 13.5. The summed E-state index contributed by atoms with van der Waals surface area (Å²) in [5.41, 5.74) is 1.38. The molecule has 1 aromatic rings. The number of nitrogens with zero attached hydrogens (tertiary/aromatic N) is 1. The predicted molar refractivity (Wildman–Crippen MR) is 106 cm³/mol. The topological polar surface area (TPSA) is 41.6 Å². The number of nitrogens with one attached hydrogen (secondary N) is 1. The Morgan fingerprint density at radius 1 is 1.36 bits per heavy atom. The second kappa shape index (κ2) is 11.1. The van der Waals surface area contributed by atoms with E-state index in [-0.39, 0.29) is 19.1 Å². The molecule has 1 aromatic carbocycles. The van der Waals surface area contributed by atoms with Gasteiger partial charge in [-0.25, -0.2) is 0 Å². The van der Waals surface area contributed by atoms with Crippen LogP contribution in [0.4, 0.5) is 13.2 Å². The number of carbonyl (C=O) groups excluding carboxylic acids is 1. The van der Waals surface area contributed by atoms with Crippen LogP contribution in [0.2, 0.25) is 0 Å². The van der Waals surface area contributed by atoms with Gasteiger partial charge in [0.15, 0.2) is 0 Å². The molecule has 4 nitrogen and oxygen atoms in total. The molecule has 0 saturated heterocycles. The first-order chi connectivity index (χ1) is 13.1. The number of hydrogen-bond donors (Lipinski definition) is 1. The fourth-order valence-electron chi connectivity index (χ4n) is 2.88. The highest BCUT2D eigenvalue weighted by molar-refractivity contribution is 5.95. The number of amides is 1. The SMILES string of the molecule is C=c1ccc(C(=O)NCCOCC(F)(F)F)c(CC)/c1=C/N(C)CC(C)CC. The lowest BCUT2D eigenvalue weighted by Crippen LogP contribution is -2.36. The summed E-state index contributed by atoms with van der Waals surface area (Å²) in [5.74, 6) is 0.217. The first-order valence-corrected chi connectivity index (χ1v) is 9.54. The molecular formula is C21H31F3N2O2. The van der Waals surface area contributed by atoms with E-state index in [0.717, 1.165) is 29.0 Å². The number of halogens is 3. The van der Waals surface area contributed by atoms with Gasteiger partial charge in [-0.2, -0.15) is 13.2 Å². The molecule has 0 aliphatic heterocycles. The summed E-state index contributed by atoms with van der Waals surface area (Å²) in [6, 6.07) is 3.50. The number of benzene rings is 1.